The van der Waals surface area contributed by atoms with Crippen LogP contribution in [0.1, 0.15) is 44.6 Å². The molecular formula is C27H35F2N5O. The fourth-order valence-electron chi connectivity index (χ4n) is 4.24. The summed E-state index contributed by atoms with van der Waals surface area (Å²) in [5.41, 5.74) is 7.37. The first-order chi connectivity index (χ1) is 16.5. The third-order valence-corrected chi connectivity index (χ3v) is 5.78. The van der Waals surface area contributed by atoms with E-state index in [0.29, 0.717) is 43.1 Å². The van der Waals surface area contributed by atoms with Gasteiger partial charge in [-0.05, 0) is 48.2 Å². The Kier molecular flexibility index (Phi) is 8.27. The average Bonchev–Trinajstić information content (AvgIpc) is 3.18. The molecule has 188 valence electrons. The highest BCUT2D eigenvalue weighted by Gasteiger charge is 2.38. The summed E-state index contributed by atoms with van der Waals surface area (Å²) in [7, 11) is 3.43. The second-order valence-electron chi connectivity index (χ2n) is 10.0. The van der Waals surface area contributed by atoms with Crippen LogP contribution in [-0.4, -0.2) is 52.6 Å². The van der Waals surface area contributed by atoms with Gasteiger partial charge in [0.05, 0.1) is 11.7 Å². The standard InChI is InChI=1S/C27H35F2N5O/c1-27(2,3)24(34(14-8-13-30)26(35)32(4)5)25-31-23(20-10-7-12-22(29)16-20)18-33(25)17-19-9-6-11-21(28)15-19/h6-7,9-12,15-16,18,24H,8,13-14,17,30H2,1-5H3/t24-/m0/s1. The van der Waals surface area contributed by atoms with Gasteiger partial charge < -0.3 is 20.1 Å². The Labute approximate surface area is 206 Å². The summed E-state index contributed by atoms with van der Waals surface area (Å²) < 4.78 is 29.9. The molecular weight excluding hydrogens is 448 g/mol. The number of carbonyl (C=O) groups is 1. The zero-order chi connectivity index (χ0) is 25.8. The van der Waals surface area contributed by atoms with Crippen LogP contribution in [0.2, 0.25) is 0 Å². The normalized spacial score (nSPS) is 12.5. The second-order valence-corrected chi connectivity index (χ2v) is 10.0. The quantitative estimate of drug-likeness (QED) is 0.473. The van der Waals surface area contributed by atoms with Crippen molar-refractivity contribution in [3.8, 4) is 11.3 Å². The van der Waals surface area contributed by atoms with E-state index in [9.17, 15) is 13.6 Å². The molecule has 1 atom stereocenters. The maximum absolute atomic E-state index is 14.0. The number of carbonyl (C=O) groups excluding carboxylic acids is 1. The van der Waals surface area contributed by atoms with Crippen molar-refractivity contribution < 1.29 is 13.6 Å². The summed E-state index contributed by atoms with van der Waals surface area (Å²) in [5.74, 6) is -0.0362. The van der Waals surface area contributed by atoms with Gasteiger partial charge in [-0.15, -0.1) is 0 Å². The third-order valence-electron chi connectivity index (χ3n) is 5.78. The Morgan fingerprint density at radius 1 is 1.09 bits per heavy atom. The van der Waals surface area contributed by atoms with Gasteiger partial charge in [0.25, 0.3) is 0 Å². The van der Waals surface area contributed by atoms with Gasteiger partial charge in [-0.1, -0.05) is 45.0 Å². The van der Waals surface area contributed by atoms with Gasteiger partial charge in [0.15, 0.2) is 0 Å². The first-order valence-electron chi connectivity index (χ1n) is 11.8. The lowest BCUT2D eigenvalue weighted by molar-refractivity contribution is 0.0923. The molecule has 3 aromatic rings. The molecule has 2 aromatic carbocycles. The van der Waals surface area contributed by atoms with E-state index < -0.39 is 11.5 Å². The highest BCUT2D eigenvalue weighted by molar-refractivity contribution is 5.74. The molecule has 0 unspecified atom stereocenters. The molecule has 35 heavy (non-hydrogen) atoms. The predicted octanol–water partition coefficient (Wildman–Crippen LogP) is 5.30. The van der Waals surface area contributed by atoms with Crippen LogP contribution in [0.4, 0.5) is 13.6 Å². The summed E-state index contributed by atoms with van der Waals surface area (Å²) in [6, 6.07) is 12.1. The highest BCUT2D eigenvalue weighted by Crippen LogP contribution is 2.39. The van der Waals surface area contributed by atoms with Crippen LogP contribution in [-0.2, 0) is 6.54 Å². The molecule has 0 radical (unpaired) electrons. The largest absolute Gasteiger partial charge is 0.331 e. The molecule has 0 bridgehead atoms. The van der Waals surface area contributed by atoms with Crippen molar-refractivity contribution in [1.82, 2.24) is 19.4 Å². The van der Waals surface area contributed by atoms with Gasteiger partial charge in [0, 0.05) is 38.9 Å². The smallest absolute Gasteiger partial charge is 0.320 e. The summed E-state index contributed by atoms with van der Waals surface area (Å²) >= 11 is 0. The molecule has 0 saturated heterocycles. The Morgan fingerprint density at radius 3 is 2.31 bits per heavy atom. The molecule has 0 spiro atoms. The predicted molar refractivity (Wildman–Crippen MR) is 135 cm³/mol. The Morgan fingerprint density at radius 2 is 1.74 bits per heavy atom. The lowest BCUT2D eigenvalue weighted by atomic mass is 9.84. The Bertz CT molecular complexity index is 1150. The van der Waals surface area contributed by atoms with Crippen LogP contribution < -0.4 is 5.73 Å². The molecule has 2 amide bonds. The fraction of sp³-hybridized carbons (Fsp3) is 0.407. The van der Waals surface area contributed by atoms with Crippen LogP contribution in [0.25, 0.3) is 11.3 Å². The second kappa shape index (κ2) is 11.0. The molecule has 0 saturated carbocycles. The van der Waals surface area contributed by atoms with E-state index in [1.54, 1.807) is 42.1 Å². The topological polar surface area (TPSA) is 67.4 Å². The van der Waals surface area contributed by atoms with Crippen molar-refractivity contribution in [2.75, 3.05) is 27.2 Å². The van der Waals surface area contributed by atoms with Gasteiger partial charge in [-0.3, -0.25) is 0 Å². The van der Waals surface area contributed by atoms with Crippen LogP contribution in [0.15, 0.2) is 54.7 Å². The van der Waals surface area contributed by atoms with Gasteiger partial charge in [-0.25, -0.2) is 18.6 Å². The molecule has 0 aliphatic carbocycles. The molecule has 1 aromatic heterocycles. The molecule has 1 heterocycles. The van der Waals surface area contributed by atoms with E-state index in [-0.39, 0.29) is 17.7 Å². The van der Waals surface area contributed by atoms with E-state index in [1.165, 1.54) is 24.3 Å². The molecule has 8 heteroatoms. The fourth-order valence-corrected chi connectivity index (χ4v) is 4.24. The zero-order valence-electron chi connectivity index (χ0n) is 21.1. The van der Waals surface area contributed by atoms with Gasteiger partial charge in [0.1, 0.15) is 17.5 Å². The first-order valence-corrected chi connectivity index (χ1v) is 11.8. The van der Waals surface area contributed by atoms with E-state index in [0.717, 1.165) is 5.56 Å². The first kappa shape index (κ1) is 26.3. The van der Waals surface area contributed by atoms with Crippen LogP contribution in [0, 0.1) is 17.0 Å². The molecule has 0 aliphatic rings. The minimum Gasteiger partial charge on any atom is -0.331 e. The minimum atomic E-state index is -0.417. The summed E-state index contributed by atoms with van der Waals surface area (Å²) in [4.78, 5) is 21.6. The number of nitrogens with zero attached hydrogens (tertiary/aromatic N) is 4. The van der Waals surface area contributed by atoms with Gasteiger partial charge in [0.2, 0.25) is 0 Å². The van der Waals surface area contributed by atoms with E-state index in [2.05, 4.69) is 20.8 Å². The number of aromatic nitrogens is 2. The maximum atomic E-state index is 14.0. The number of hydrogen-bond donors (Lipinski definition) is 1. The number of amides is 2. The number of imidazole rings is 1. The number of hydrogen-bond acceptors (Lipinski definition) is 3. The van der Waals surface area contributed by atoms with Crippen molar-refractivity contribution >= 4 is 6.03 Å². The van der Waals surface area contributed by atoms with Crippen molar-refractivity contribution in [2.45, 2.75) is 39.8 Å². The van der Waals surface area contributed by atoms with Gasteiger partial charge >= 0.3 is 6.03 Å². The number of rotatable bonds is 8. The highest BCUT2D eigenvalue weighted by atomic mass is 19.1. The summed E-state index contributed by atoms with van der Waals surface area (Å²) in [6.07, 6.45) is 2.47. The molecule has 3 rings (SSSR count). The van der Waals surface area contributed by atoms with Crippen molar-refractivity contribution in [2.24, 2.45) is 11.1 Å². The summed E-state index contributed by atoms with van der Waals surface area (Å²) in [5, 5.41) is 0. The maximum Gasteiger partial charge on any atom is 0.320 e. The molecule has 0 fully saturated rings. The minimum absolute atomic E-state index is 0.147. The summed E-state index contributed by atoms with van der Waals surface area (Å²) in [6.45, 7) is 7.41. The van der Waals surface area contributed by atoms with Crippen LogP contribution in [0.5, 0.6) is 0 Å². The van der Waals surface area contributed by atoms with Crippen molar-refractivity contribution in [3.05, 3.63) is 77.8 Å². The zero-order valence-corrected chi connectivity index (χ0v) is 21.1. The average molecular weight is 484 g/mol. The molecule has 6 nitrogen and oxygen atoms in total. The van der Waals surface area contributed by atoms with Crippen molar-refractivity contribution in [1.29, 1.82) is 0 Å². The Hall–Kier alpha value is -3.26. The van der Waals surface area contributed by atoms with Crippen LogP contribution in [0.3, 0.4) is 0 Å². The monoisotopic (exact) mass is 483 g/mol. The number of halogens is 2. The van der Waals surface area contributed by atoms with E-state index in [4.69, 9.17) is 10.7 Å². The molecule has 2 N–H and O–H groups in total. The number of urea groups is 1. The van der Waals surface area contributed by atoms with Crippen LogP contribution >= 0.6 is 0 Å². The lowest BCUT2D eigenvalue weighted by Crippen LogP contribution is -2.47. The molecule has 0 aliphatic heterocycles. The van der Waals surface area contributed by atoms with E-state index >= 15 is 0 Å². The van der Waals surface area contributed by atoms with Crippen molar-refractivity contribution in [3.63, 3.8) is 0 Å². The van der Waals surface area contributed by atoms with E-state index in [1.807, 2.05) is 16.8 Å². The lowest BCUT2D eigenvalue weighted by Gasteiger charge is -2.41. The number of nitrogens with two attached hydrogens (primary N) is 1. The third kappa shape index (κ3) is 6.45. The SMILES string of the molecule is CN(C)C(=O)N(CCCN)[C@@H](c1nc(-c2cccc(F)c2)cn1Cc1cccc(F)c1)C(C)(C)C. The van der Waals surface area contributed by atoms with Gasteiger partial charge in [-0.2, -0.15) is 0 Å². The Balaban J connectivity index is 2.20. The number of benzene rings is 2.